The first-order valence-electron chi connectivity index (χ1n) is 11.5. The zero-order valence-electron chi connectivity index (χ0n) is 19.9. The first-order chi connectivity index (χ1) is 18.3. The number of halogens is 1. The SMILES string of the molecule is O=S(=O)(c1ccc(Oc2ccccc2)cc1)c1cccc(-c2ccc(Cl)cc2)c1S(=O)(=O)c1ccccc1. The molecule has 0 aliphatic heterocycles. The Morgan fingerprint density at radius 2 is 1.05 bits per heavy atom. The Bertz CT molecular complexity index is 1790. The van der Waals surface area contributed by atoms with Crippen molar-refractivity contribution >= 4 is 31.3 Å². The molecule has 0 aliphatic rings. The summed E-state index contributed by atoms with van der Waals surface area (Å²) in [7, 11) is -8.49. The van der Waals surface area contributed by atoms with Gasteiger partial charge < -0.3 is 4.74 Å². The number of ether oxygens (including phenoxy) is 1. The van der Waals surface area contributed by atoms with E-state index in [1.807, 2.05) is 18.2 Å². The average molecular weight is 561 g/mol. The highest BCUT2D eigenvalue weighted by Gasteiger charge is 2.32. The molecule has 0 bridgehead atoms. The van der Waals surface area contributed by atoms with Gasteiger partial charge in [0.15, 0.2) is 0 Å². The van der Waals surface area contributed by atoms with E-state index < -0.39 is 19.7 Å². The average Bonchev–Trinajstić information content (AvgIpc) is 2.94. The zero-order chi connectivity index (χ0) is 26.8. The van der Waals surface area contributed by atoms with E-state index in [1.165, 1.54) is 48.5 Å². The summed E-state index contributed by atoms with van der Waals surface area (Å²) in [5.41, 5.74) is 0.781. The fourth-order valence-corrected chi connectivity index (χ4v) is 7.72. The molecule has 0 fully saturated rings. The quantitative estimate of drug-likeness (QED) is 0.206. The van der Waals surface area contributed by atoms with Crippen molar-refractivity contribution in [2.24, 2.45) is 0 Å². The van der Waals surface area contributed by atoms with Gasteiger partial charge in [-0.1, -0.05) is 72.3 Å². The minimum absolute atomic E-state index is 0.00975. The molecule has 0 saturated heterocycles. The van der Waals surface area contributed by atoms with Crippen LogP contribution in [0.3, 0.4) is 0 Å². The van der Waals surface area contributed by atoms with Crippen LogP contribution < -0.4 is 4.74 Å². The molecule has 38 heavy (non-hydrogen) atoms. The maximum Gasteiger partial charge on any atom is 0.208 e. The van der Waals surface area contributed by atoms with Crippen LogP contribution in [0.15, 0.2) is 147 Å². The molecule has 0 aromatic heterocycles. The first-order valence-corrected chi connectivity index (χ1v) is 14.9. The summed E-state index contributed by atoms with van der Waals surface area (Å²) in [6.45, 7) is 0. The first kappa shape index (κ1) is 25.7. The smallest absolute Gasteiger partial charge is 0.208 e. The third-order valence-electron chi connectivity index (χ3n) is 5.86. The molecule has 8 heteroatoms. The Kier molecular flexibility index (Phi) is 7.08. The predicted molar refractivity (Wildman–Crippen MR) is 147 cm³/mol. The van der Waals surface area contributed by atoms with Crippen molar-refractivity contribution in [3.05, 3.63) is 132 Å². The van der Waals surface area contributed by atoms with Crippen LogP contribution >= 0.6 is 11.6 Å². The maximum atomic E-state index is 13.9. The summed E-state index contributed by atoms with van der Waals surface area (Å²) >= 11 is 6.05. The lowest BCUT2D eigenvalue weighted by Crippen LogP contribution is -2.12. The van der Waals surface area contributed by atoms with Crippen LogP contribution in [-0.2, 0) is 19.7 Å². The van der Waals surface area contributed by atoms with Crippen LogP contribution in [0, 0.1) is 0 Å². The molecule has 0 saturated carbocycles. The second-order valence-electron chi connectivity index (χ2n) is 8.35. The lowest BCUT2D eigenvalue weighted by molar-refractivity contribution is 0.482. The van der Waals surface area contributed by atoms with Crippen LogP contribution in [0.5, 0.6) is 11.5 Å². The van der Waals surface area contributed by atoms with E-state index in [1.54, 1.807) is 60.7 Å². The van der Waals surface area contributed by atoms with E-state index in [4.69, 9.17) is 16.3 Å². The molecule has 0 spiro atoms. The molecule has 0 aliphatic carbocycles. The van der Waals surface area contributed by atoms with Crippen LogP contribution in [0.4, 0.5) is 0 Å². The minimum Gasteiger partial charge on any atom is -0.457 e. The topological polar surface area (TPSA) is 77.5 Å². The standard InChI is InChI=1S/C30H21ClO5S2/c31-23-16-14-22(15-17-23)28-12-7-13-29(30(28)38(34,35)26-10-5-2-6-11-26)37(32,33)27-20-18-25(19-21-27)36-24-8-3-1-4-9-24/h1-21H. The van der Waals surface area contributed by atoms with Crippen molar-refractivity contribution in [3.63, 3.8) is 0 Å². The van der Waals surface area contributed by atoms with Gasteiger partial charge in [0.1, 0.15) is 11.5 Å². The van der Waals surface area contributed by atoms with Crippen molar-refractivity contribution in [2.45, 2.75) is 19.6 Å². The number of rotatable bonds is 7. The van der Waals surface area contributed by atoms with Gasteiger partial charge >= 0.3 is 0 Å². The Labute approximate surface area is 226 Å². The van der Waals surface area contributed by atoms with Gasteiger partial charge in [-0.15, -0.1) is 0 Å². The molecule has 0 unspecified atom stereocenters. The molecular formula is C30H21ClO5S2. The molecule has 5 rings (SSSR count). The van der Waals surface area contributed by atoms with Crippen molar-refractivity contribution in [1.29, 1.82) is 0 Å². The Balaban J connectivity index is 1.66. The molecule has 190 valence electrons. The predicted octanol–water partition coefficient (Wildman–Crippen LogP) is 7.46. The molecule has 5 aromatic rings. The molecule has 5 nitrogen and oxygen atoms in total. The van der Waals surface area contributed by atoms with E-state index in [0.29, 0.717) is 22.1 Å². The summed E-state index contributed by atoms with van der Waals surface area (Å²) in [5.74, 6) is 1.05. The molecule has 0 amide bonds. The summed E-state index contributed by atoms with van der Waals surface area (Å²) in [4.78, 5) is -0.677. The maximum absolute atomic E-state index is 13.9. The lowest BCUT2D eigenvalue weighted by Gasteiger charge is -2.17. The Morgan fingerprint density at radius 1 is 0.500 bits per heavy atom. The van der Waals surface area contributed by atoms with Crippen molar-refractivity contribution in [3.8, 4) is 22.6 Å². The van der Waals surface area contributed by atoms with Crippen molar-refractivity contribution in [1.82, 2.24) is 0 Å². The largest absolute Gasteiger partial charge is 0.457 e. The van der Waals surface area contributed by atoms with Crippen LogP contribution in [0.1, 0.15) is 0 Å². The van der Waals surface area contributed by atoms with Gasteiger partial charge in [-0.05, 0) is 72.3 Å². The summed E-state index contributed by atoms with van der Waals surface area (Å²) in [6.07, 6.45) is 0. The van der Waals surface area contributed by atoms with Gasteiger partial charge in [0.2, 0.25) is 19.7 Å². The van der Waals surface area contributed by atoms with E-state index >= 15 is 0 Å². The van der Waals surface area contributed by atoms with E-state index in [2.05, 4.69) is 0 Å². The van der Waals surface area contributed by atoms with E-state index in [9.17, 15) is 16.8 Å². The highest BCUT2D eigenvalue weighted by atomic mass is 35.5. The van der Waals surface area contributed by atoms with Gasteiger partial charge in [-0.25, -0.2) is 16.8 Å². The normalized spacial score (nSPS) is 11.7. The molecule has 5 aromatic carbocycles. The highest BCUT2D eigenvalue weighted by molar-refractivity contribution is 7.94. The molecule has 0 N–H and O–H groups in total. The fourth-order valence-electron chi connectivity index (χ4n) is 4.02. The molecular weight excluding hydrogens is 540 g/mol. The summed E-state index contributed by atoms with van der Waals surface area (Å²) in [6, 6.07) is 33.8. The Morgan fingerprint density at radius 3 is 1.68 bits per heavy atom. The van der Waals surface area contributed by atoms with Gasteiger partial charge in [0, 0.05) is 10.6 Å². The summed E-state index contributed by atoms with van der Waals surface area (Å²) in [5, 5.41) is 0.475. The number of sulfone groups is 2. The molecule has 0 heterocycles. The van der Waals surface area contributed by atoms with Crippen LogP contribution in [-0.4, -0.2) is 16.8 Å². The monoisotopic (exact) mass is 560 g/mol. The molecule has 0 radical (unpaired) electrons. The number of benzene rings is 5. The lowest BCUT2D eigenvalue weighted by atomic mass is 10.1. The second-order valence-corrected chi connectivity index (χ2v) is 12.6. The number of para-hydroxylation sites is 1. The van der Waals surface area contributed by atoms with Crippen LogP contribution in [0.2, 0.25) is 5.02 Å². The van der Waals surface area contributed by atoms with Gasteiger partial charge in [0.25, 0.3) is 0 Å². The number of hydrogen-bond donors (Lipinski definition) is 0. The second kappa shape index (κ2) is 10.5. The zero-order valence-corrected chi connectivity index (χ0v) is 22.2. The minimum atomic E-state index is -4.25. The van der Waals surface area contributed by atoms with E-state index in [0.717, 1.165) is 0 Å². The fraction of sp³-hybridized carbons (Fsp3) is 0. The van der Waals surface area contributed by atoms with Crippen molar-refractivity contribution < 1.29 is 21.6 Å². The summed E-state index contributed by atoms with van der Waals surface area (Å²) < 4.78 is 61.5. The van der Waals surface area contributed by atoms with Gasteiger partial charge in [-0.2, -0.15) is 0 Å². The third kappa shape index (κ3) is 5.09. The van der Waals surface area contributed by atoms with Gasteiger partial charge in [-0.3, -0.25) is 0 Å². The van der Waals surface area contributed by atoms with Crippen LogP contribution in [0.25, 0.3) is 11.1 Å². The number of hydrogen-bond acceptors (Lipinski definition) is 5. The van der Waals surface area contributed by atoms with E-state index in [-0.39, 0.29) is 25.1 Å². The van der Waals surface area contributed by atoms with Crippen molar-refractivity contribution in [2.75, 3.05) is 0 Å². The highest BCUT2D eigenvalue weighted by Crippen LogP contribution is 2.39. The third-order valence-corrected chi connectivity index (χ3v) is 9.92. The molecule has 0 atom stereocenters. The Hall–Kier alpha value is -3.91. The van der Waals surface area contributed by atoms with Gasteiger partial charge in [0.05, 0.1) is 19.6 Å².